The molecule has 1 aromatic carbocycles. The number of nitrogen functional groups attached to an aromatic ring is 1. The highest BCUT2D eigenvalue weighted by atomic mass is 32.2. The van der Waals surface area contributed by atoms with E-state index in [4.69, 9.17) is 5.73 Å². The fourth-order valence-corrected chi connectivity index (χ4v) is 2.53. The molecule has 0 aromatic heterocycles. The van der Waals surface area contributed by atoms with Crippen molar-refractivity contribution in [3.8, 4) is 0 Å². The lowest BCUT2D eigenvalue weighted by molar-refractivity contribution is 0.0957. The zero-order valence-electron chi connectivity index (χ0n) is 11.1. The summed E-state index contributed by atoms with van der Waals surface area (Å²) >= 11 is 0. The van der Waals surface area contributed by atoms with Gasteiger partial charge in [-0.25, -0.2) is 13.1 Å². The second kappa shape index (κ2) is 6.53. The van der Waals surface area contributed by atoms with Crippen LogP contribution in [0.5, 0.6) is 0 Å². The van der Waals surface area contributed by atoms with Crippen molar-refractivity contribution in [2.45, 2.75) is 13.8 Å². The molecule has 7 heteroatoms. The van der Waals surface area contributed by atoms with E-state index in [-0.39, 0.29) is 18.2 Å². The third kappa shape index (κ3) is 4.88. The zero-order chi connectivity index (χ0) is 14.5. The Morgan fingerprint density at radius 2 is 2.05 bits per heavy atom. The van der Waals surface area contributed by atoms with Crippen molar-refractivity contribution in [1.82, 2.24) is 10.0 Å². The number of carbonyl (C=O) groups excluding carboxylic acids is 1. The number of hydrogen-bond donors (Lipinski definition) is 3. The van der Waals surface area contributed by atoms with Crippen LogP contribution in [-0.2, 0) is 10.0 Å². The molecule has 0 unspecified atom stereocenters. The molecule has 0 atom stereocenters. The highest BCUT2D eigenvalue weighted by molar-refractivity contribution is 7.89. The van der Waals surface area contributed by atoms with Crippen molar-refractivity contribution >= 4 is 21.6 Å². The molecule has 0 bridgehead atoms. The maximum Gasteiger partial charge on any atom is 0.253 e. The Hall–Kier alpha value is -1.60. The quantitative estimate of drug-likeness (QED) is 0.652. The molecule has 0 radical (unpaired) electrons. The van der Waals surface area contributed by atoms with Gasteiger partial charge in [-0.1, -0.05) is 13.0 Å². The third-order valence-corrected chi connectivity index (χ3v) is 3.94. The van der Waals surface area contributed by atoms with E-state index in [1.54, 1.807) is 25.1 Å². The van der Waals surface area contributed by atoms with Crippen molar-refractivity contribution in [1.29, 1.82) is 0 Å². The van der Waals surface area contributed by atoms with Gasteiger partial charge in [-0.3, -0.25) is 4.79 Å². The van der Waals surface area contributed by atoms with E-state index >= 15 is 0 Å². The first-order valence-electron chi connectivity index (χ1n) is 5.97. The Morgan fingerprint density at radius 1 is 1.37 bits per heavy atom. The summed E-state index contributed by atoms with van der Waals surface area (Å²) in [6.45, 7) is 3.95. The van der Waals surface area contributed by atoms with E-state index in [2.05, 4.69) is 10.0 Å². The average molecular weight is 285 g/mol. The van der Waals surface area contributed by atoms with Gasteiger partial charge in [0.05, 0.1) is 11.3 Å². The molecule has 0 aliphatic rings. The van der Waals surface area contributed by atoms with Gasteiger partial charge in [0.1, 0.15) is 0 Å². The number of amides is 1. The molecule has 0 aliphatic carbocycles. The largest absolute Gasteiger partial charge is 0.398 e. The number of nitrogens with two attached hydrogens (primary N) is 1. The molecule has 0 fully saturated rings. The van der Waals surface area contributed by atoms with Crippen molar-refractivity contribution in [2.75, 3.05) is 24.6 Å². The number of rotatable bonds is 6. The fourth-order valence-electron chi connectivity index (χ4n) is 1.58. The van der Waals surface area contributed by atoms with Crippen LogP contribution in [0.2, 0.25) is 0 Å². The first kappa shape index (κ1) is 15.5. The molecule has 19 heavy (non-hydrogen) atoms. The first-order valence-corrected chi connectivity index (χ1v) is 7.62. The summed E-state index contributed by atoms with van der Waals surface area (Å²) in [5.41, 5.74) is 7.43. The molecule has 0 aliphatic heterocycles. The minimum atomic E-state index is -3.32. The predicted molar refractivity (Wildman–Crippen MR) is 75.4 cm³/mol. The zero-order valence-corrected chi connectivity index (χ0v) is 11.9. The number of carbonyl (C=O) groups is 1. The van der Waals surface area contributed by atoms with E-state index < -0.39 is 10.0 Å². The summed E-state index contributed by atoms with van der Waals surface area (Å²) in [5, 5.41) is 2.54. The van der Waals surface area contributed by atoms with Gasteiger partial charge in [0, 0.05) is 18.8 Å². The van der Waals surface area contributed by atoms with Crippen LogP contribution < -0.4 is 15.8 Å². The summed E-state index contributed by atoms with van der Waals surface area (Å²) in [6, 6.07) is 5.10. The van der Waals surface area contributed by atoms with Crippen molar-refractivity contribution < 1.29 is 13.2 Å². The van der Waals surface area contributed by atoms with Crippen molar-refractivity contribution in [3.05, 3.63) is 29.3 Å². The van der Waals surface area contributed by atoms with Gasteiger partial charge in [0.2, 0.25) is 10.0 Å². The molecule has 1 aromatic rings. The van der Waals surface area contributed by atoms with Crippen LogP contribution in [0.25, 0.3) is 0 Å². The Labute approximate surface area is 113 Å². The molecule has 0 saturated heterocycles. The Bertz CT molecular complexity index is 555. The maximum absolute atomic E-state index is 11.8. The van der Waals surface area contributed by atoms with Crippen LogP contribution in [0.4, 0.5) is 5.69 Å². The Morgan fingerprint density at radius 3 is 2.63 bits per heavy atom. The molecule has 1 rings (SSSR count). The normalized spacial score (nSPS) is 11.3. The highest BCUT2D eigenvalue weighted by Gasteiger charge is 2.12. The fraction of sp³-hybridized carbons (Fsp3) is 0.417. The molecule has 0 spiro atoms. The Balaban J connectivity index is 2.57. The van der Waals surface area contributed by atoms with Gasteiger partial charge in [-0.2, -0.15) is 0 Å². The van der Waals surface area contributed by atoms with E-state index in [0.717, 1.165) is 5.56 Å². The maximum atomic E-state index is 11.8. The van der Waals surface area contributed by atoms with Gasteiger partial charge in [0.25, 0.3) is 5.91 Å². The minimum Gasteiger partial charge on any atom is -0.398 e. The average Bonchev–Trinajstić information content (AvgIpc) is 2.28. The van der Waals surface area contributed by atoms with Crippen molar-refractivity contribution in [2.24, 2.45) is 0 Å². The minimum absolute atomic E-state index is 0.0431. The van der Waals surface area contributed by atoms with Gasteiger partial charge in [0.15, 0.2) is 0 Å². The summed E-state index contributed by atoms with van der Waals surface area (Å²) < 4.78 is 25.1. The molecule has 0 saturated carbocycles. The van der Waals surface area contributed by atoms with Crippen LogP contribution >= 0.6 is 0 Å². The van der Waals surface area contributed by atoms with Gasteiger partial charge in [-0.15, -0.1) is 0 Å². The summed E-state index contributed by atoms with van der Waals surface area (Å²) in [5.74, 6) is -0.526. The standard InChI is InChI=1S/C12H19N3O3S/c1-3-15-19(17,18)7-6-14-12(16)10-5-4-9(2)8-11(10)13/h4-5,8,15H,3,6-7,13H2,1-2H3,(H,14,16). The number of nitrogens with one attached hydrogen (secondary N) is 2. The predicted octanol–water partition coefficient (Wildman–Crippen LogP) is 0.246. The highest BCUT2D eigenvalue weighted by Crippen LogP contribution is 2.13. The van der Waals surface area contributed by atoms with Crippen LogP contribution in [0, 0.1) is 6.92 Å². The topological polar surface area (TPSA) is 101 Å². The Kier molecular flexibility index (Phi) is 5.31. The van der Waals surface area contributed by atoms with Crippen LogP contribution in [0.1, 0.15) is 22.8 Å². The number of benzene rings is 1. The lowest BCUT2D eigenvalue weighted by Gasteiger charge is -2.08. The number of aryl methyl sites for hydroxylation is 1. The second-order valence-corrected chi connectivity index (χ2v) is 6.09. The van der Waals surface area contributed by atoms with Gasteiger partial charge >= 0.3 is 0 Å². The lowest BCUT2D eigenvalue weighted by Crippen LogP contribution is -2.34. The van der Waals surface area contributed by atoms with Crippen molar-refractivity contribution in [3.63, 3.8) is 0 Å². The molecular formula is C12H19N3O3S. The summed E-state index contributed by atoms with van der Waals surface area (Å²) in [7, 11) is -3.32. The van der Waals surface area contributed by atoms with E-state index in [1.165, 1.54) is 0 Å². The number of sulfonamides is 1. The van der Waals surface area contributed by atoms with E-state index in [0.29, 0.717) is 17.8 Å². The lowest BCUT2D eigenvalue weighted by atomic mass is 10.1. The van der Waals surface area contributed by atoms with Gasteiger partial charge < -0.3 is 11.1 Å². The molecular weight excluding hydrogens is 266 g/mol. The third-order valence-electron chi connectivity index (χ3n) is 2.47. The van der Waals surface area contributed by atoms with Crippen LogP contribution in [0.15, 0.2) is 18.2 Å². The summed E-state index contributed by atoms with van der Waals surface area (Å²) in [6.07, 6.45) is 0. The molecule has 106 valence electrons. The number of anilines is 1. The monoisotopic (exact) mass is 285 g/mol. The molecule has 6 nitrogen and oxygen atoms in total. The smallest absolute Gasteiger partial charge is 0.253 e. The SMILES string of the molecule is CCNS(=O)(=O)CCNC(=O)c1ccc(C)cc1N. The van der Waals surface area contributed by atoms with E-state index in [1.807, 2.05) is 6.92 Å². The van der Waals surface area contributed by atoms with Crippen LogP contribution in [0.3, 0.4) is 0 Å². The summed E-state index contributed by atoms with van der Waals surface area (Å²) in [4.78, 5) is 11.8. The first-order chi connectivity index (χ1) is 8.85. The molecule has 4 N–H and O–H groups in total. The second-order valence-electron chi connectivity index (χ2n) is 4.16. The molecule has 0 heterocycles. The number of hydrogen-bond acceptors (Lipinski definition) is 4. The van der Waals surface area contributed by atoms with Gasteiger partial charge in [-0.05, 0) is 24.6 Å². The van der Waals surface area contributed by atoms with Crippen LogP contribution in [-0.4, -0.2) is 33.2 Å². The molecule has 1 amide bonds. The van der Waals surface area contributed by atoms with E-state index in [9.17, 15) is 13.2 Å².